The first kappa shape index (κ1) is 16.8. The summed E-state index contributed by atoms with van der Waals surface area (Å²) in [5.74, 6) is -0.0662. The van der Waals surface area contributed by atoms with E-state index in [2.05, 4.69) is 14.9 Å². The van der Waals surface area contributed by atoms with Crippen LogP contribution < -0.4 is 0 Å². The quantitative estimate of drug-likeness (QED) is 0.900. The lowest BCUT2D eigenvalue weighted by atomic mass is 9.89. The van der Waals surface area contributed by atoms with E-state index in [4.69, 9.17) is 0 Å². The van der Waals surface area contributed by atoms with Gasteiger partial charge in [0.15, 0.2) is 0 Å². The first-order valence-electron chi connectivity index (χ1n) is 7.75. The van der Waals surface area contributed by atoms with Crippen LogP contribution in [0.5, 0.6) is 0 Å². The maximum absolute atomic E-state index is 12.4. The van der Waals surface area contributed by atoms with Crippen LogP contribution in [-0.4, -0.2) is 69.6 Å². The third-order valence-electron chi connectivity index (χ3n) is 4.09. The van der Waals surface area contributed by atoms with E-state index in [9.17, 15) is 9.90 Å². The number of amides is 1. The van der Waals surface area contributed by atoms with Gasteiger partial charge in [-0.3, -0.25) is 14.7 Å². The molecule has 0 radical (unpaired) electrons. The van der Waals surface area contributed by atoms with E-state index in [1.54, 1.807) is 11.1 Å². The SMILES string of the molecule is Cc1cnc(C(=O)N2CCN(C[C@@H](O)C(C)(C)C)CC2)cn1. The second-order valence-electron chi connectivity index (χ2n) is 7.02. The fourth-order valence-electron chi connectivity index (χ4n) is 2.32. The molecule has 1 aromatic heterocycles. The molecule has 1 aliphatic heterocycles. The number of carbonyl (C=O) groups is 1. The van der Waals surface area contributed by atoms with Gasteiger partial charge in [-0.15, -0.1) is 0 Å². The highest BCUT2D eigenvalue weighted by Crippen LogP contribution is 2.20. The van der Waals surface area contributed by atoms with Crippen molar-refractivity contribution in [2.75, 3.05) is 32.7 Å². The van der Waals surface area contributed by atoms with E-state index >= 15 is 0 Å². The molecule has 1 amide bonds. The topological polar surface area (TPSA) is 69.6 Å². The molecule has 0 unspecified atom stereocenters. The van der Waals surface area contributed by atoms with Crippen molar-refractivity contribution in [2.45, 2.75) is 33.8 Å². The minimum Gasteiger partial charge on any atom is -0.391 e. The standard InChI is InChI=1S/C16H26N4O2/c1-12-9-18-13(10-17-12)15(22)20-7-5-19(6-8-20)11-14(21)16(2,3)4/h9-10,14,21H,5-8,11H2,1-4H3/t14-/m1/s1. The molecule has 0 saturated carbocycles. The average molecular weight is 306 g/mol. The second kappa shape index (κ2) is 6.71. The van der Waals surface area contributed by atoms with Gasteiger partial charge in [0, 0.05) is 38.9 Å². The van der Waals surface area contributed by atoms with Gasteiger partial charge in [0.2, 0.25) is 0 Å². The minimum absolute atomic E-state index is 0.0662. The Balaban J connectivity index is 1.87. The van der Waals surface area contributed by atoms with E-state index in [0.29, 0.717) is 25.3 Å². The maximum atomic E-state index is 12.4. The van der Waals surface area contributed by atoms with Crippen molar-refractivity contribution in [3.8, 4) is 0 Å². The van der Waals surface area contributed by atoms with Gasteiger partial charge < -0.3 is 10.0 Å². The fraction of sp³-hybridized carbons (Fsp3) is 0.688. The molecule has 2 rings (SSSR count). The zero-order valence-corrected chi connectivity index (χ0v) is 13.9. The predicted octanol–water partition coefficient (Wildman–Crippen LogP) is 0.950. The van der Waals surface area contributed by atoms with E-state index in [1.165, 1.54) is 6.20 Å². The predicted molar refractivity (Wildman–Crippen MR) is 84.6 cm³/mol. The molecule has 1 fully saturated rings. The Hall–Kier alpha value is -1.53. The van der Waals surface area contributed by atoms with Crippen LogP contribution in [0.1, 0.15) is 37.0 Å². The summed E-state index contributed by atoms with van der Waals surface area (Å²) < 4.78 is 0. The molecule has 1 aromatic rings. The number of aliphatic hydroxyl groups is 1. The van der Waals surface area contributed by atoms with Crippen LogP contribution in [-0.2, 0) is 0 Å². The number of piperazine rings is 1. The van der Waals surface area contributed by atoms with Crippen LogP contribution in [0.4, 0.5) is 0 Å². The summed E-state index contributed by atoms with van der Waals surface area (Å²) in [5, 5.41) is 10.2. The number of nitrogens with zero attached hydrogens (tertiary/aromatic N) is 4. The van der Waals surface area contributed by atoms with E-state index in [-0.39, 0.29) is 17.4 Å². The first-order chi connectivity index (χ1) is 10.3. The minimum atomic E-state index is -0.363. The van der Waals surface area contributed by atoms with Gasteiger partial charge in [-0.05, 0) is 12.3 Å². The third-order valence-corrected chi connectivity index (χ3v) is 4.09. The molecule has 122 valence electrons. The Morgan fingerprint density at radius 3 is 2.36 bits per heavy atom. The number of β-amino-alcohol motifs (C(OH)–C–C–N with tert-alkyl or cyclic N) is 1. The number of aromatic nitrogens is 2. The van der Waals surface area contributed by atoms with Gasteiger partial charge in [0.25, 0.3) is 5.91 Å². The van der Waals surface area contributed by atoms with Crippen molar-refractivity contribution in [3.05, 3.63) is 23.8 Å². The van der Waals surface area contributed by atoms with Crippen molar-refractivity contribution < 1.29 is 9.90 Å². The molecule has 1 N–H and O–H groups in total. The molecule has 0 aromatic carbocycles. The van der Waals surface area contributed by atoms with Crippen molar-refractivity contribution in [1.82, 2.24) is 19.8 Å². The summed E-state index contributed by atoms with van der Waals surface area (Å²) in [7, 11) is 0. The monoisotopic (exact) mass is 306 g/mol. The molecule has 0 spiro atoms. The van der Waals surface area contributed by atoms with Crippen LogP contribution in [0.2, 0.25) is 0 Å². The van der Waals surface area contributed by atoms with Crippen LogP contribution in [0.3, 0.4) is 0 Å². The van der Waals surface area contributed by atoms with Crippen LogP contribution in [0.15, 0.2) is 12.4 Å². The number of hydrogen-bond acceptors (Lipinski definition) is 5. The molecule has 6 heteroatoms. The molecular weight excluding hydrogens is 280 g/mol. The first-order valence-corrected chi connectivity index (χ1v) is 7.75. The van der Waals surface area contributed by atoms with Gasteiger partial charge in [0.05, 0.1) is 18.0 Å². The van der Waals surface area contributed by atoms with Crippen LogP contribution in [0.25, 0.3) is 0 Å². The molecule has 1 atom stereocenters. The average Bonchev–Trinajstić information content (AvgIpc) is 2.47. The highest BCUT2D eigenvalue weighted by molar-refractivity contribution is 5.92. The summed E-state index contributed by atoms with van der Waals surface area (Å²) in [6, 6.07) is 0. The Kier molecular flexibility index (Phi) is 5.13. The zero-order valence-electron chi connectivity index (χ0n) is 13.9. The third kappa shape index (κ3) is 4.24. The molecule has 0 aliphatic carbocycles. The Bertz CT molecular complexity index is 502. The largest absolute Gasteiger partial charge is 0.391 e. The number of aliphatic hydroxyl groups excluding tert-OH is 1. The van der Waals surface area contributed by atoms with Crippen molar-refractivity contribution in [1.29, 1.82) is 0 Å². The smallest absolute Gasteiger partial charge is 0.274 e. The molecular formula is C16H26N4O2. The highest BCUT2D eigenvalue weighted by Gasteiger charge is 2.28. The molecule has 6 nitrogen and oxygen atoms in total. The highest BCUT2D eigenvalue weighted by atomic mass is 16.3. The Morgan fingerprint density at radius 1 is 1.23 bits per heavy atom. The summed E-state index contributed by atoms with van der Waals surface area (Å²) >= 11 is 0. The summed E-state index contributed by atoms with van der Waals surface area (Å²) in [6.45, 7) is 11.5. The van der Waals surface area contributed by atoms with Gasteiger partial charge >= 0.3 is 0 Å². The molecule has 0 bridgehead atoms. The van der Waals surface area contributed by atoms with Crippen molar-refractivity contribution >= 4 is 5.91 Å². The summed E-state index contributed by atoms with van der Waals surface area (Å²) in [4.78, 5) is 24.6. The van der Waals surface area contributed by atoms with Crippen LogP contribution in [0, 0.1) is 12.3 Å². The number of aryl methyl sites for hydroxylation is 1. The zero-order chi connectivity index (χ0) is 16.3. The second-order valence-corrected chi connectivity index (χ2v) is 7.02. The lowest BCUT2D eigenvalue weighted by Crippen LogP contribution is -2.51. The normalized spacial score (nSPS) is 18.3. The molecule has 2 heterocycles. The lowest BCUT2D eigenvalue weighted by Gasteiger charge is -2.37. The molecule has 1 aliphatic rings. The summed E-state index contributed by atoms with van der Waals surface area (Å²) in [5.41, 5.74) is 1.08. The van der Waals surface area contributed by atoms with Crippen LogP contribution >= 0.6 is 0 Å². The van der Waals surface area contributed by atoms with Gasteiger partial charge in [-0.25, -0.2) is 4.98 Å². The Labute approximate surface area is 132 Å². The van der Waals surface area contributed by atoms with Gasteiger partial charge in [-0.1, -0.05) is 20.8 Å². The van der Waals surface area contributed by atoms with Crippen molar-refractivity contribution in [3.63, 3.8) is 0 Å². The number of carbonyl (C=O) groups excluding carboxylic acids is 1. The fourth-order valence-corrected chi connectivity index (χ4v) is 2.32. The van der Waals surface area contributed by atoms with E-state index in [1.807, 2.05) is 27.7 Å². The van der Waals surface area contributed by atoms with Gasteiger partial charge in [-0.2, -0.15) is 0 Å². The van der Waals surface area contributed by atoms with E-state index in [0.717, 1.165) is 18.8 Å². The number of hydrogen-bond donors (Lipinski definition) is 1. The van der Waals surface area contributed by atoms with Gasteiger partial charge in [0.1, 0.15) is 5.69 Å². The molecule has 22 heavy (non-hydrogen) atoms. The molecule has 1 saturated heterocycles. The maximum Gasteiger partial charge on any atom is 0.274 e. The summed E-state index contributed by atoms with van der Waals surface area (Å²) in [6.07, 6.45) is 2.79. The van der Waals surface area contributed by atoms with Crippen molar-refractivity contribution in [2.24, 2.45) is 5.41 Å². The number of rotatable bonds is 3. The lowest BCUT2D eigenvalue weighted by molar-refractivity contribution is 0.0136. The Morgan fingerprint density at radius 2 is 1.86 bits per heavy atom. The van der Waals surface area contributed by atoms with E-state index < -0.39 is 0 Å².